The van der Waals surface area contributed by atoms with Crippen molar-refractivity contribution in [2.45, 2.75) is 19.3 Å². The third-order valence-corrected chi connectivity index (χ3v) is 3.12. The molecule has 2 heterocycles. The van der Waals surface area contributed by atoms with Gasteiger partial charge in [0, 0.05) is 6.07 Å². The van der Waals surface area contributed by atoms with E-state index in [4.69, 9.17) is 9.47 Å². The number of hydrogen-bond acceptors (Lipinski definition) is 4. The molecule has 0 aliphatic carbocycles. The Morgan fingerprint density at radius 2 is 2.41 bits per heavy atom. The lowest BCUT2D eigenvalue weighted by molar-refractivity contribution is 0.247. The van der Waals surface area contributed by atoms with Gasteiger partial charge in [-0.05, 0) is 44.3 Å². The Bertz CT molecular complexity index is 321. The molecule has 94 valence electrons. The van der Waals surface area contributed by atoms with E-state index >= 15 is 0 Å². The number of hydrogen-bond donors (Lipinski definition) is 1. The standard InChI is InChI=1S/C13H20N2O2/c1-16-12-4-5-13(15-10-12)17-8-6-11-3-2-7-14-9-11/h4-5,10-11,14H,2-3,6-9H2,1H3. The van der Waals surface area contributed by atoms with Crippen LogP contribution in [-0.2, 0) is 0 Å². The Morgan fingerprint density at radius 3 is 3.06 bits per heavy atom. The zero-order chi connectivity index (χ0) is 11.9. The van der Waals surface area contributed by atoms with Gasteiger partial charge >= 0.3 is 0 Å². The highest BCUT2D eigenvalue weighted by Gasteiger charge is 2.12. The lowest BCUT2D eigenvalue weighted by Crippen LogP contribution is -2.30. The molecule has 1 saturated heterocycles. The SMILES string of the molecule is COc1ccc(OCCC2CCCNC2)nc1. The lowest BCUT2D eigenvalue weighted by atomic mass is 9.97. The van der Waals surface area contributed by atoms with Crippen molar-refractivity contribution in [3.05, 3.63) is 18.3 Å². The molecule has 1 aromatic heterocycles. The normalized spacial score (nSPS) is 19.9. The molecule has 17 heavy (non-hydrogen) atoms. The van der Waals surface area contributed by atoms with E-state index in [9.17, 15) is 0 Å². The Labute approximate surface area is 102 Å². The summed E-state index contributed by atoms with van der Waals surface area (Å²) in [5.41, 5.74) is 0. The molecular weight excluding hydrogens is 216 g/mol. The summed E-state index contributed by atoms with van der Waals surface area (Å²) in [5, 5.41) is 3.41. The van der Waals surface area contributed by atoms with Gasteiger partial charge in [0.25, 0.3) is 0 Å². The van der Waals surface area contributed by atoms with E-state index in [1.54, 1.807) is 13.3 Å². The van der Waals surface area contributed by atoms with Crippen molar-refractivity contribution in [1.29, 1.82) is 0 Å². The molecule has 1 atom stereocenters. The average molecular weight is 236 g/mol. The van der Waals surface area contributed by atoms with Gasteiger partial charge < -0.3 is 14.8 Å². The quantitative estimate of drug-likeness (QED) is 0.847. The number of piperidine rings is 1. The van der Waals surface area contributed by atoms with E-state index in [2.05, 4.69) is 10.3 Å². The van der Waals surface area contributed by atoms with Crippen molar-refractivity contribution < 1.29 is 9.47 Å². The van der Waals surface area contributed by atoms with E-state index in [0.717, 1.165) is 37.8 Å². The number of aromatic nitrogens is 1. The molecule has 4 nitrogen and oxygen atoms in total. The number of pyridine rings is 1. The second-order valence-corrected chi connectivity index (χ2v) is 4.39. The Hall–Kier alpha value is -1.29. The fraction of sp³-hybridized carbons (Fsp3) is 0.615. The van der Waals surface area contributed by atoms with Crippen molar-refractivity contribution >= 4 is 0 Å². The van der Waals surface area contributed by atoms with Crippen LogP contribution in [0.3, 0.4) is 0 Å². The van der Waals surface area contributed by atoms with E-state index in [0.29, 0.717) is 5.88 Å². The summed E-state index contributed by atoms with van der Waals surface area (Å²) < 4.78 is 10.7. The molecule has 0 amide bonds. The maximum absolute atomic E-state index is 5.61. The largest absolute Gasteiger partial charge is 0.495 e. The monoisotopic (exact) mass is 236 g/mol. The maximum Gasteiger partial charge on any atom is 0.213 e. The summed E-state index contributed by atoms with van der Waals surface area (Å²) in [6.07, 6.45) is 5.37. The van der Waals surface area contributed by atoms with Crippen molar-refractivity contribution in [2.75, 3.05) is 26.8 Å². The zero-order valence-corrected chi connectivity index (χ0v) is 10.3. The van der Waals surface area contributed by atoms with Gasteiger partial charge in [-0.25, -0.2) is 4.98 Å². The average Bonchev–Trinajstić information content (AvgIpc) is 2.41. The zero-order valence-electron chi connectivity index (χ0n) is 10.3. The molecule has 0 radical (unpaired) electrons. The molecule has 0 aromatic carbocycles. The summed E-state index contributed by atoms with van der Waals surface area (Å²) in [6.45, 7) is 3.03. The molecule has 1 aliphatic heterocycles. The first-order chi connectivity index (χ1) is 8.38. The van der Waals surface area contributed by atoms with E-state index in [1.807, 2.05) is 12.1 Å². The van der Waals surface area contributed by atoms with Gasteiger partial charge in [0.15, 0.2) is 0 Å². The minimum atomic E-state index is 0.676. The number of nitrogens with zero attached hydrogens (tertiary/aromatic N) is 1. The van der Waals surface area contributed by atoms with Crippen molar-refractivity contribution in [3.8, 4) is 11.6 Å². The van der Waals surface area contributed by atoms with Gasteiger partial charge in [-0.3, -0.25) is 0 Å². The summed E-state index contributed by atoms with van der Waals surface area (Å²) in [5.74, 6) is 2.19. The predicted octanol–water partition coefficient (Wildman–Crippen LogP) is 1.86. The van der Waals surface area contributed by atoms with Crippen LogP contribution in [0.1, 0.15) is 19.3 Å². The van der Waals surface area contributed by atoms with E-state index < -0.39 is 0 Å². The number of nitrogens with one attached hydrogen (secondary N) is 1. The minimum Gasteiger partial charge on any atom is -0.495 e. The van der Waals surface area contributed by atoms with Gasteiger partial charge in [-0.1, -0.05) is 0 Å². The summed E-state index contributed by atoms with van der Waals surface area (Å²) in [6, 6.07) is 3.71. The number of rotatable bonds is 5. The predicted molar refractivity (Wildman–Crippen MR) is 66.5 cm³/mol. The van der Waals surface area contributed by atoms with Crippen LogP contribution in [0.25, 0.3) is 0 Å². The fourth-order valence-corrected chi connectivity index (χ4v) is 2.07. The van der Waals surface area contributed by atoms with Gasteiger partial charge in [0.1, 0.15) is 5.75 Å². The van der Waals surface area contributed by atoms with Gasteiger partial charge in [-0.2, -0.15) is 0 Å². The third-order valence-electron chi connectivity index (χ3n) is 3.12. The van der Waals surface area contributed by atoms with Crippen LogP contribution < -0.4 is 14.8 Å². The summed E-state index contributed by atoms with van der Waals surface area (Å²) in [4.78, 5) is 4.17. The highest BCUT2D eigenvalue weighted by atomic mass is 16.5. The molecule has 1 aromatic rings. The van der Waals surface area contributed by atoms with Gasteiger partial charge in [0.2, 0.25) is 5.88 Å². The smallest absolute Gasteiger partial charge is 0.213 e. The molecule has 1 N–H and O–H groups in total. The number of ether oxygens (including phenoxy) is 2. The second kappa shape index (κ2) is 6.45. The fourth-order valence-electron chi connectivity index (χ4n) is 2.07. The molecule has 1 fully saturated rings. The van der Waals surface area contributed by atoms with E-state index in [1.165, 1.54) is 12.8 Å². The first-order valence-corrected chi connectivity index (χ1v) is 6.22. The van der Waals surface area contributed by atoms with Crippen molar-refractivity contribution in [2.24, 2.45) is 5.92 Å². The van der Waals surface area contributed by atoms with Crippen LogP contribution in [-0.4, -0.2) is 31.8 Å². The van der Waals surface area contributed by atoms with Crippen LogP contribution in [0.4, 0.5) is 0 Å². The highest BCUT2D eigenvalue weighted by Crippen LogP contribution is 2.16. The summed E-state index contributed by atoms with van der Waals surface area (Å²) >= 11 is 0. The molecule has 0 spiro atoms. The first-order valence-electron chi connectivity index (χ1n) is 6.22. The maximum atomic E-state index is 5.61. The molecule has 1 aliphatic rings. The first kappa shape index (κ1) is 12.2. The Morgan fingerprint density at radius 1 is 1.47 bits per heavy atom. The molecule has 2 rings (SSSR count). The molecule has 0 saturated carbocycles. The van der Waals surface area contributed by atoms with Crippen LogP contribution in [0.2, 0.25) is 0 Å². The third kappa shape index (κ3) is 3.89. The van der Waals surface area contributed by atoms with Crippen molar-refractivity contribution in [3.63, 3.8) is 0 Å². The van der Waals surface area contributed by atoms with Crippen molar-refractivity contribution in [1.82, 2.24) is 10.3 Å². The van der Waals surface area contributed by atoms with Crippen LogP contribution in [0.15, 0.2) is 18.3 Å². The van der Waals surface area contributed by atoms with Gasteiger partial charge in [0.05, 0.1) is 19.9 Å². The second-order valence-electron chi connectivity index (χ2n) is 4.39. The Balaban J connectivity index is 1.69. The van der Waals surface area contributed by atoms with Crippen LogP contribution in [0.5, 0.6) is 11.6 Å². The Kier molecular flexibility index (Phi) is 4.62. The minimum absolute atomic E-state index is 0.676. The molecule has 4 heteroatoms. The molecule has 0 bridgehead atoms. The molecular formula is C13H20N2O2. The molecule has 1 unspecified atom stereocenters. The number of methoxy groups -OCH3 is 1. The highest BCUT2D eigenvalue weighted by molar-refractivity contribution is 5.22. The van der Waals surface area contributed by atoms with E-state index in [-0.39, 0.29) is 0 Å². The van der Waals surface area contributed by atoms with Gasteiger partial charge in [-0.15, -0.1) is 0 Å². The lowest BCUT2D eigenvalue weighted by Gasteiger charge is -2.22. The summed E-state index contributed by atoms with van der Waals surface area (Å²) in [7, 11) is 1.63. The topological polar surface area (TPSA) is 43.4 Å². The van der Waals surface area contributed by atoms with Crippen LogP contribution in [0, 0.1) is 5.92 Å². The van der Waals surface area contributed by atoms with Crippen LogP contribution >= 0.6 is 0 Å².